The molecule has 1 aromatic heterocycles. The maximum Gasteiger partial charge on any atom is 0.349 e. The average molecular weight is 382 g/mol. The van der Waals surface area contributed by atoms with Gasteiger partial charge in [0.2, 0.25) is 0 Å². The van der Waals surface area contributed by atoms with Gasteiger partial charge < -0.3 is 14.8 Å². The number of carbonyl (C=O) groups is 3. The molecule has 1 heterocycles. The summed E-state index contributed by atoms with van der Waals surface area (Å²) in [5, 5.41) is 2.95. The minimum absolute atomic E-state index is 0.133. The van der Waals surface area contributed by atoms with Crippen LogP contribution in [0.25, 0.3) is 0 Å². The highest BCUT2D eigenvalue weighted by molar-refractivity contribution is 7.15. The molecule has 0 unspecified atom stereocenters. The Kier molecular flexibility index (Phi) is 6.17. The van der Waals surface area contributed by atoms with E-state index in [9.17, 15) is 14.4 Å². The van der Waals surface area contributed by atoms with Crippen molar-refractivity contribution in [2.75, 3.05) is 12.4 Å². The molecule has 1 atom stereocenters. The van der Waals surface area contributed by atoms with Gasteiger partial charge in [-0.05, 0) is 44.2 Å². The second kappa shape index (κ2) is 8.13. The average Bonchev–Trinajstić information content (AvgIpc) is 3.05. The van der Waals surface area contributed by atoms with E-state index in [-0.39, 0.29) is 10.7 Å². The quantitative estimate of drug-likeness (QED) is 0.608. The maximum absolute atomic E-state index is 12.1. The number of benzene rings is 1. The Morgan fingerprint density at radius 2 is 1.84 bits per heavy atom. The first-order valence-corrected chi connectivity index (χ1v) is 8.47. The number of halogens is 1. The van der Waals surface area contributed by atoms with Crippen LogP contribution in [0.1, 0.15) is 33.2 Å². The molecule has 0 aliphatic rings. The van der Waals surface area contributed by atoms with Crippen LogP contribution in [0.4, 0.5) is 5.69 Å². The highest BCUT2D eigenvalue weighted by Gasteiger charge is 2.21. The van der Waals surface area contributed by atoms with Gasteiger partial charge in [0.1, 0.15) is 10.6 Å². The highest BCUT2D eigenvalue weighted by Crippen LogP contribution is 2.27. The van der Waals surface area contributed by atoms with Gasteiger partial charge in [0.15, 0.2) is 11.9 Å². The number of anilines is 1. The molecule has 2 aromatic rings. The standard InChI is InChI=1S/C17H16ClNO5S/c1-9(20)14-6-7-15(25-14)17(22)24-10(2)16(21)19-11-4-5-13(23-3)12(18)8-11/h4-8,10H,1-3H3,(H,19,21)/t10-/m1/s1. The van der Waals surface area contributed by atoms with Crippen LogP contribution in [0.2, 0.25) is 5.02 Å². The summed E-state index contributed by atoms with van der Waals surface area (Å²) >= 11 is 7.02. The van der Waals surface area contributed by atoms with E-state index < -0.39 is 18.0 Å². The van der Waals surface area contributed by atoms with Crippen molar-refractivity contribution in [3.8, 4) is 5.75 Å². The summed E-state index contributed by atoms with van der Waals surface area (Å²) in [7, 11) is 1.49. The number of thiophene rings is 1. The van der Waals surface area contributed by atoms with Crippen molar-refractivity contribution in [1.29, 1.82) is 0 Å². The predicted octanol–water partition coefficient (Wildman–Crippen LogP) is 3.80. The van der Waals surface area contributed by atoms with Crippen LogP contribution < -0.4 is 10.1 Å². The van der Waals surface area contributed by atoms with Crippen molar-refractivity contribution in [1.82, 2.24) is 0 Å². The van der Waals surface area contributed by atoms with Crippen molar-refractivity contribution < 1.29 is 23.9 Å². The fraction of sp³-hybridized carbons (Fsp3) is 0.235. The van der Waals surface area contributed by atoms with Crippen molar-refractivity contribution >= 4 is 46.3 Å². The van der Waals surface area contributed by atoms with Gasteiger partial charge in [-0.15, -0.1) is 11.3 Å². The Hall–Kier alpha value is -2.38. The lowest BCUT2D eigenvalue weighted by Crippen LogP contribution is -2.29. The van der Waals surface area contributed by atoms with E-state index in [1.807, 2.05) is 0 Å². The molecule has 0 saturated heterocycles. The highest BCUT2D eigenvalue weighted by atomic mass is 35.5. The van der Waals surface area contributed by atoms with Gasteiger partial charge in [0.25, 0.3) is 5.91 Å². The molecule has 0 spiro atoms. The molecule has 0 bridgehead atoms. The fourth-order valence-corrected chi connectivity index (χ4v) is 2.94. The van der Waals surface area contributed by atoms with Crippen LogP contribution in [0.15, 0.2) is 30.3 Å². The first-order chi connectivity index (χ1) is 11.8. The number of amides is 1. The number of ether oxygens (including phenoxy) is 2. The zero-order valence-corrected chi connectivity index (χ0v) is 15.4. The molecule has 6 nitrogen and oxygen atoms in total. The summed E-state index contributed by atoms with van der Waals surface area (Å²) in [6.07, 6.45) is -1.02. The lowest BCUT2D eigenvalue weighted by atomic mass is 10.2. The first-order valence-electron chi connectivity index (χ1n) is 7.28. The van der Waals surface area contributed by atoms with Crippen LogP contribution in [0, 0.1) is 0 Å². The second-order valence-corrected chi connectivity index (χ2v) is 6.60. The van der Waals surface area contributed by atoms with Crippen molar-refractivity contribution in [3.63, 3.8) is 0 Å². The van der Waals surface area contributed by atoms with E-state index in [0.29, 0.717) is 21.3 Å². The van der Waals surface area contributed by atoms with Gasteiger partial charge in [-0.2, -0.15) is 0 Å². The lowest BCUT2D eigenvalue weighted by molar-refractivity contribution is -0.123. The molecule has 0 fully saturated rings. The van der Waals surface area contributed by atoms with E-state index in [2.05, 4.69) is 5.32 Å². The Bertz CT molecular complexity index is 817. The van der Waals surface area contributed by atoms with E-state index in [0.717, 1.165) is 11.3 Å². The molecule has 1 N–H and O–H groups in total. The molecule has 132 valence electrons. The summed E-state index contributed by atoms with van der Waals surface area (Å²) in [6.45, 7) is 2.87. The van der Waals surface area contributed by atoms with Gasteiger partial charge in [0, 0.05) is 5.69 Å². The number of rotatable bonds is 6. The third-order valence-electron chi connectivity index (χ3n) is 3.23. The monoisotopic (exact) mass is 381 g/mol. The van der Waals surface area contributed by atoms with Gasteiger partial charge in [0.05, 0.1) is 17.0 Å². The lowest BCUT2D eigenvalue weighted by Gasteiger charge is -2.13. The largest absolute Gasteiger partial charge is 0.495 e. The smallest absolute Gasteiger partial charge is 0.349 e. The molecule has 1 amide bonds. The molecule has 25 heavy (non-hydrogen) atoms. The summed E-state index contributed by atoms with van der Waals surface area (Å²) in [5.41, 5.74) is 0.452. The van der Waals surface area contributed by atoms with Gasteiger partial charge in [-0.1, -0.05) is 11.6 Å². The number of Topliss-reactive ketones (excluding diaryl/α,β-unsaturated/α-hetero) is 1. The van der Waals surface area contributed by atoms with Crippen LogP contribution in [0.3, 0.4) is 0 Å². The van der Waals surface area contributed by atoms with Gasteiger partial charge in [-0.3, -0.25) is 9.59 Å². The van der Waals surface area contributed by atoms with E-state index in [4.69, 9.17) is 21.1 Å². The predicted molar refractivity (Wildman–Crippen MR) is 95.8 cm³/mol. The second-order valence-electron chi connectivity index (χ2n) is 5.11. The number of methoxy groups -OCH3 is 1. The minimum atomic E-state index is -1.02. The number of nitrogens with one attached hydrogen (secondary N) is 1. The topological polar surface area (TPSA) is 81.7 Å². The van der Waals surface area contributed by atoms with E-state index in [1.165, 1.54) is 33.1 Å². The molecule has 0 radical (unpaired) electrons. The zero-order chi connectivity index (χ0) is 18.6. The molecule has 1 aromatic carbocycles. The maximum atomic E-state index is 12.1. The fourth-order valence-electron chi connectivity index (χ4n) is 1.90. The van der Waals surface area contributed by atoms with Crippen LogP contribution in [-0.2, 0) is 9.53 Å². The summed E-state index contributed by atoms with van der Waals surface area (Å²) in [4.78, 5) is 36.2. The Balaban J connectivity index is 1.98. The summed E-state index contributed by atoms with van der Waals surface area (Å²) in [6, 6.07) is 7.82. The van der Waals surface area contributed by atoms with Gasteiger partial charge >= 0.3 is 5.97 Å². The Morgan fingerprint density at radius 3 is 2.40 bits per heavy atom. The number of esters is 1. The third-order valence-corrected chi connectivity index (χ3v) is 4.69. The molecule has 2 rings (SSSR count). The molecule has 8 heteroatoms. The third kappa shape index (κ3) is 4.80. The zero-order valence-electron chi connectivity index (χ0n) is 13.8. The number of carbonyl (C=O) groups excluding carboxylic acids is 3. The Labute approximate surface area is 153 Å². The van der Waals surface area contributed by atoms with Crippen molar-refractivity contribution in [3.05, 3.63) is 45.1 Å². The molecule has 0 aliphatic heterocycles. The molecule has 0 saturated carbocycles. The molecular formula is C17H16ClNO5S. The first kappa shape index (κ1) is 19.0. The SMILES string of the molecule is COc1ccc(NC(=O)[C@@H](C)OC(=O)c2ccc(C(C)=O)s2)cc1Cl. The van der Waals surface area contributed by atoms with Crippen LogP contribution in [-0.4, -0.2) is 30.9 Å². The Morgan fingerprint density at radius 1 is 1.16 bits per heavy atom. The normalized spacial score (nSPS) is 11.5. The summed E-state index contributed by atoms with van der Waals surface area (Å²) < 4.78 is 10.2. The van der Waals surface area contributed by atoms with E-state index >= 15 is 0 Å². The number of ketones is 1. The van der Waals surface area contributed by atoms with E-state index in [1.54, 1.807) is 18.2 Å². The van der Waals surface area contributed by atoms with Crippen LogP contribution >= 0.6 is 22.9 Å². The number of hydrogen-bond acceptors (Lipinski definition) is 6. The summed E-state index contributed by atoms with van der Waals surface area (Å²) in [5.74, 6) is -0.810. The van der Waals surface area contributed by atoms with Crippen molar-refractivity contribution in [2.45, 2.75) is 20.0 Å². The number of hydrogen-bond donors (Lipinski definition) is 1. The molecular weight excluding hydrogens is 366 g/mol. The minimum Gasteiger partial charge on any atom is -0.495 e. The van der Waals surface area contributed by atoms with Crippen molar-refractivity contribution in [2.24, 2.45) is 0 Å². The van der Waals surface area contributed by atoms with Crippen LogP contribution in [0.5, 0.6) is 5.75 Å². The molecule has 0 aliphatic carbocycles. The van der Waals surface area contributed by atoms with Gasteiger partial charge in [-0.25, -0.2) is 4.79 Å².